The molecule has 0 saturated carbocycles. The molecule has 0 saturated heterocycles. The maximum atomic E-state index is 5.60. The van der Waals surface area contributed by atoms with Crippen LogP contribution in [0.2, 0.25) is 0 Å². The Hall–Kier alpha value is -1.82. The van der Waals surface area contributed by atoms with E-state index in [4.69, 9.17) is 18.0 Å². The normalized spacial score (nSPS) is 10.8. The Morgan fingerprint density at radius 2 is 2.12 bits per heavy atom. The van der Waals surface area contributed by atoms with Gasteiger partial charge >= 0.3 is 0 Å². The Balaban J connectivity index is 2.49. The van der Waals surface area contributed by atoms with Crippen molar-refractivity contribution in [2.24, 2.45) is 5.73 Å². The zero-order valence-electron chi connectivity index (χ0n) is 9.66. The van der Waals surface area contributed by atoms with Crippen molar-refractivity contribution in [3.63, 3.8) is 0 Å². The van der Waals surface area contributed by atoms with Crippen molar-refractivity contribution < 1.29 is 0 Å². The topological polar surface area (TPSA) is 69.6 Å². The number of nitrogens with two attached hydrogens (primary N) is 1. The highest BCUT2D eigenvalue weighted by atomic mass is 32.1. The summed E-state index contributed by atoms with van der Waals surface area (Å²) in [5.41, 5.74) is 6.57. The zero-order valence-corrected chi connectivity index (χ0v) is 10.5. The molecule has 0 unspecified atom stereocenters. The molecule has 2 N–H and O–H groups in total. The molecular weight excluding hydrogens is 234 g/mol. The average Bonchev–Trinajstić information content (AvgIpc) is 2.78. The third kappa shape index (κ3) is 2.31. The average molecular weight is 247 g/mol. The molecule has 0 aliphatic carbocycles. The molecule has 0 radical (unpaired) electrons. The van der Waals surface area contributed by atoms with Crippen LogP contribution in [0.15, 0.2) is 24.8 Å². The predicted octanol–water partition coefficient (Wildman–Crippen LogP) is 1.42. The van der Waals surface area contributed by atoms with E-state index in [0.29, 0.717) is 11.7 Å². The Morgan fingerprint density at radius 3 is 2.76 bits per heavy atom. The van der Waals surface area contributed by atoms with E-state index in [9.17, 15) is 0 Å². The lowest BCUT2D eigenvalue weighted by atomic mass is 10.1. The molecule has 6 heteroatoms. The molecule has 88 valence electrons. The number of imidazole rings is 1. The second-order valence-corrected chi connectivity index (χ2v) is 4.38. The minimum absolute atomic E-state index is 0.250. The van der Waals surface area contributed by atoms with Crippen LogP contribution in [0.1, 0.15) is 31.3 Å². The molecule has 2 aromatic rings. The fourth-order valence-corrected chi connectivity index (χ4v) is 1.63. The number of nitrogens with zero attached hydrogens (tertiary/aromatic N) is 4. The molecule has 2 heterocycles. The summed E-state index contributed by atoms with van der Waals surface area (Å²) in [5.74, 6) is 1.60. The van der Waals surface area contributed by atoms with Gasteiger partial charge in [0.15, 0.2) is 5.82 Å². The van der Waals surface area contributed by atoms with E-state index in [1.165, 1.54) is 6.33 Å². The lowest BCUT2D eigenvalue weighted by Crippen LogP contribution is -2.16. The Kier molecular flexibility index (Phi) is 3.14. The number of hydrogen-bond donors (Lipinski definition) is 1. The van der Waals surface area contributed by atoms with Crippen LogP contribution in [0.25, 0.3) is 5.82 Å². The monoisotopic (exact) mass is 247 g/mol. The summed E-state index contributed by atoms with van der Waals surface area (Å²) in [4.78, 5) is 12.8. The second kappa shape index (κ2) is 4.58. The third-order valence-electron chi connectivity index (χ3n) is 2.37. The van der Waals surface area contributed by atoms with Crippen molar-refractivity contribution in [1.82, 2.24) is 19.5 Å². The smallest absolute Gasteiger partial charge is 0.173 e. The molecule has 0 fully saturated rings. The van der Waals surface area contributed by atoms with Gasteiger partial charge in [-0.15, -0.1) is 0 Å². The molecule has 2 aromatic heterocycles. The largest absolute Gasteiger partial charge is 0.387 e. The maximum Gasteiger partial charge on any atom is 0.173 e. The van der Waals surface area contributed by atoms with Gasteiger partial charge in [-0.25, -0.2) is 15.0 Å². The molecule has 5 nitrogen and oxygen atoms in total. The highest BCUT2D eigenvalue weighted by Crippen LogP contribution is 2.14. The minimum atomic E-state index is 0.250. The lowest BCUT2D eigenvalue weighted by molar-refractivity contribution is 0.803. The molecule has 0 aromatic carbocycles. The van der Waals surface area contributed by atoms with Gasteiger partial charge < -0.3 is 5.73 Å². The van der Waals surface area contributed by atoms with Gasteiger partial charge in [0.1, 0.15) is 17.1 Å². The molecule has 2 rings (SSSR count). The molecule has 0 atom stereocenters. The number of rotatable bonds is 3. The first-order valence-electron chi connectivity index (χ1n) is 5.25. The van der Waals surface area contributed by atoms with Gasteiger partial charge in [-0.2, -0.15) is 0 Å². The van der Waals surface area contributed by atoms with E-state index in [1.807, 2.05) is 6.07 Å². The van der Waals surface area contributed by atoms with Gasteiger partial charge in [0.25, 0.3) is 0 Å². The lowest BCUT2D eigenvalue weighted by Gasteiger charge is -2.08. The van der Waals surface area contributed by atoms with E-state index in [0.717, 1.165) is 11.5 Å². The number of aromatic nitrogens is 4. The Morgan fingerprint density at radius 1 is 1.35 bits per heavy atom. The van der Waals surface area contributed by atoms with Gasteiger partial charge in [-0.3, -0.25) is 4.57 Å². The summed E-state index contributed by atoms with van der Waals surface area (Å²) >= 11 is 4.94. The second-order valence-electron chi connectivity index (χ2n) is 3.94. The summed E-state index contributed by atoms with van der Waals surface area (Å²) in [5, 5.41) is 0. The van der Waals surface area contributed by atoms with E-state index in [2.05, 4.69) is 28.8 Å². The maximum absolute atomic E-state index is 5.60. The van der Waals surface area contributed by atoms with E-state index in [1.54, 1.807) is 17.0 Å². The first-order valence-corrected chi connectivity index (χ1v) is 5.66. The third-order valence-corrected chi connectivity index (χ3v) is 2.56. The van der Waals surface area contributed by atoms with Crippen LogP contribution < -0.4 is 5.73 Å². The van der Waals surface area contributed by atoms with Crippen molar-refractivity contribution in [3.05, 3.63) is 36.3 Å². The fourth-order valence-electron chi connectivity index (χ4n) is 1.48. The Bertz CT molecular complexity index is 546. The van der Waals surface area contributed by atoms with Crippen LogP contribution in [0.5, 0.6) is 0 Å². The van der Waals surface area contributed by atoms with Crippen molar-refractivity contribution in [1.29, 1.82) is 0 Å². The predicted molar refractivity (Wildman–Crippen MR) is 69.1 cm³/mol. The standard InChI is InChI=1S/C11H13N5S/c1-7(2)8-5-9(15-6-14-8)16-4-3-13-11(16)10(12)17/h3-7H,1-2H3,(H2,12,17). The summed E-state index contributed by atoms with van der Waals surface area (Å²) in [6, 6.07) is 1.91. The molecule has 0 aliphatic heterocycles. The van der Waals surface area contributed by atoms with Crippen LogP contribution in [0.3, 0.4) is 0 Å². The van der Waals surface area contributed by atoms with Crippen LogP contribution in [-0.4, -0.2) is 24.5 Å². The fraction of sp³-hybridized carbons (Fsp3) is 0.273. The zero-order chi connectivity index (χ0) is 12.4. The molecule has 0 spiro atoms. The minimum Gasteiger partial charge on any atom is -0.387 e. The van der Waals surface area contributed by atoms with Crippen molar-refractivity contribution >= 4 is 17.2 Å². The summed E-state index contributed by atoms with van der Waals surface area (Å²) in [6.45, 7) is 4.16. The van der Waals surface area contributed by atoms with Gasteiger partial charge in [0.05, 0.1) is 0 Å². The number of thiocarbonyl (C=S) groups is 1. The van der Waals surface area contributed by atoms with Crippen LogP contribution in [0, 0.1) is 0 Å². The summed E-state index contributed by atoms with van der Waals surface area (Å²) < 4.78 is 1.76. The first-order chi connectivity index (χ1) is 8.09. The summed E-state index contributed by atoms with van der Waals surface area (Å²) in [7, 11) is 0. The highest BCUT2D eigenvalue weighted by Gasteiger charge is 2.10. The van der Waals surface area contributed by atoms with Crippen LogP contribution in [0.4, 0.5) is 0 Å². The molecule has 0 amide bonds. The Labute approximate surface area is 105 Å². The van der Waals surface area contributed by atoms with Gasteiger partial charge in [0, 0.05) is 24.2 Å². The van der Waals surface area contributed by atoms with E-state index < -0.39 is 0 Å². The van der Waals surface area contributed by atoms with E-state index in [-0.39, 0.29) is 4.99 Å². The van der Waals surface area contributed by atoms with Crippen molar-refractivity contribution in [2.75, 3.05) is 0 Å². The highest BCUT2D eigenvalue weighted by molar-refractivity contribution is 7.80. The van der Waals surface area contributed by atoms with Crippen LogP contribution >= 0.6 is 12.2 Å². The summed E-state index contributed by atoms with van der Waals surface area (Å²) in [6.07, 6.45) is 4.96. The van der Waals surface area contributed by atoms with E-state index >= 15 is 0 Å². The van der Waals surface area contributed by atoms with Gasteiger partial charge in [-0.05, 0) is 5.92 Å². The molecule has 0 bridgehead atoms. The molecule has 0 aliphatic rings. The van der Waals surface area contributed by atoms with Crippen LogP contribution in [-0.2, 0) is 0 Å². The number of hydrogen-bond acceptors (Lipinski definition) is 4. The van der Waals surface area contributed by atoms with Gasteiger partial charge in [-0.1, -0.05) is 26.1 Å². The first kappa shape index (κ1) is 11.7. The van der Waals surface area contributed by atoms with Crippen molar-refractivity contribution in [2.45, 2.75) is 19.8 Å². The SMILES string of the molecule is CC(C)c1cc(-n2ccnc2C(N)=S)ncn1. The molecule has 17 heavy (non-hydrogen) atoms. The van der Waals surface area contributed by atoms with Gasteiger partial charge in [0.2, 0.25) is 0 Å². The molecular formula is C11H13N5S. The quantitative estimate of drug-likeness (QED) is 0.831. The van der Waals surface area contributed by atoms with Crippen molar-refractivity contribution in [3.8, 4) is 5.82 Å².